The molecule has 3 heterocycles. The highest BCUT2D eigenvalue weighted by Crippen LogP contribution is 2.11. The summed E-state index contributed by atoms with van der Waals surface area (Å²) in [7, 11) is 0. The second-order valence-electron chi connectivity index (χ2n) is 5.66. The average molecular weight is 300 g/mol. The average Bonchev–Trinajstić information content (AvgIpc) is 2.92. The summed E-state index contributed by atoms with van der Waals surface area (Å²) in [5, 5.41) is 4.01. The fraction of sp³-hybridized carbons (Fsp3) is 0.438. The van der Waals surface area contributed by atoms with Gasteiger partial charge >= 0.3 is 0 Å². The Morgan fingerprint density at radius 1 is 1.23 bits per heavy atom. The second-order valence-corrected chi connectivity index (χ2v) is 5.66. The molecule has 0 atom stereocenters. The molecule has 3 rings (SSSR count). The number of amides is 1. The molecule has 0 spiro atoms. The fourth-order valence-corrected chi connectivity index (χ4v) is 2.65. The second kappa shape index (κ2) is 6.27. The van der Waals surface area contributed by atoms with E-state index in [1.165, 1.54) is 0 Å². The van der Waals surface area contributed by atoms with Gasteiger partial charge < -0.3 is 9.42 Å². The van der Waals surface area contributed by atoms with Crippen molar-refractivity contribution in [3.8, 4) is 0 Å². The van der Waals surface area contributed by atoms with Crippen molar-refractivity contribution in [2.75, 3.05) is 26.2 Å². The van der Waals surface area contributed by atoms with Gasteiger partial charge in [0.25, 0.3) is 5.91 Å². The highest BCUT2D eigenvalue weighted by atomic mass is 16.5. The molecule has 0 radical (unpaired) electrons. The maximum Gasteiger partial charge on any atom is 0.272 e. The molecule has 0 aromatic carbocycles. The Hall–Kier alpha value is -2.21. The zero-order valence-corrected chi connectivity index (χ0v) is 13.0. The van der Waals surface area contributed by atoms with Gasteiger partial charge in [0, 0.05) is 44.5 Å². The van der Waals surface area contributed by atoms with Gasteiger partial charge in [0.1, 0.15) is 11.5 Å². The van der Waals surface area contributed by atoms with Crippen LogP contribution in [0.2, 0.25) is 0 Å². The lowest BCUT2D eigenvalue weighted by atomic mass is 10.2. The Kier molecular flexibility index (Phi) is 4.20. The van der Waals surface area contributed by atoms with E-state index in [0.717, 1.165) is 36.8 Å². The van der Waals surface area contributed by atoms with E-state index in [-0.39, 0.29) is 5.91 Å². The van der Waals surface area contributed by atoms with Crippen LogP contribution in [-0.4, -0.2) is 52.0 Å². The van der Waals surface area contributed by atoms with Gasteiger partial charge in [0.05, 0.1) is 5.69 Å². The summed E-state index contributed by atoms with van der Waals surface area (Å²) in [4.78, 5) is 20.9. The Morgan fingerprint density at radius 2 is 2.00 bits per heavy atom. The van der Waals surface area contributed by atoms with Crippen LogP contribution in [0.1, 0.15) is 27.6 Å². The molecule has 22 heavy (non-hydrogen) atoms. The Balaban J connectivity index is 1.56. The molecule has 1 aliphatic heterocycles. The fourth-order valence-electron chi connectivity index (χ4n) is 2.65. The molecule has 2 aromatic heterocycles. The van der Waals surface area contributed by atoms with Crippen LogP contribution in [0.3, 0.4) is 0 Å². The smallest absolute Gasteiger partial charge is 0.272 e. The van der Waals surface area contributed by atoms with Gasteiger partial charge in [0.2, 0.25) is 0 Å². The summed E-state index contributed by atoms with van der Waals surface area (Å²) >= 11 is 0. The van der Waals surface area contributed by atoms with Gasteiger partial charge in [-0.3, -0.25) is 9.69 Å². The molecule has 1 fully saturated rings. The Bertz CT molecular complexity index is 660. The molecular weight excluding hydrogens is 280 g/mol. The van der Waals surface area contributed by atoms with Crippen molar-refractivity contribution in [1.82, 2.24) is 19.9 Å². The third kappa shape index (κ3) is 3.33. The number of pyridine rings is 1. The van der Waals surface area contributed by atoms with Crippen molar-refractivity contribution < 1.29 is 9.32 Å². The van der Waals surface area contributed by atoms with Crippen molar-refractivity contribution in [3.05, 3.63) is 47.1 Å². The number of rotatable bonds is 3. The van der Waals surface area contributed by atoms with Gasteiger partial charge in [-0.05, 0) is 26.0 Å². The van der Waals surface area contributed by atoms with E-state index >= 15 is 0 Å². The highest BCUT2D eigenvalue weighted by Gasteiger charge is 2.23. The Morgan fingerprint density at radius 3 is 2.64 bits per heavy atom. The molecule has 6 nitrogen and oxygen atoms in total. The third-order valence-electron chi connectivity index (χ3n) is 3.83. The lowest BCUT2D eigenvalue weighted by molar-refractivity contribution is 0.0619. The minimum Gasteiger partial charge on any atom is -0.361 e. The van der Waals surface area contributed by atoms with E-state index in [4.69, 9.17) is 4.52 Å². The predicted octanol–water partition coefficient (Wildman–Crippen LogP) is 1.64. The summed E-state index contributed by atoms with van der Waals surface area (Å²) in [5.74, 6) is 0.843. The van der Waals surface area contributed by atoms with E-state index < -0.39 is 0 Å². The van der Waals surface area contributed by atoms with E-state index in [1.54, 1.807) is 6.07 Å². The SMILES string of the molecule is Cc1cccc(C(=O)N2CCN(Cc3cc(C)on3)CC2)n1. The van der Waals surface area contributed by atoms with Crippen LogP contribution in [0.25, 0.3) is 0 Å². The van der Waals surface area contributed by atoms with Crippen LogP contribution in [0.15, 0.2) is 28.8 Å². The summed E-state index contributed by atoms with van der Waals surface area (Å²) in [6, 6.07) is 7.50. The maximum absolute atomic E-state index is 12.4. The van der Waals surface area contributed by atoms with Gasteiger partial charge in [-0.15, -0.1) is 0 Å². The largest absolute Gasteiger partial charge is 0.361 e. The number of aryl methyl sites for hydroxylation is 2. The zero-order chi connectivity index (χ0) is 15.5. The van der Waals surface area contributed by atoms with Crippen molar-refractivity contribution >= 4 is 5.91 Å². The normalized spacial score (nSPS) is 16.0. The monoisotopic (exact) mass is 300 g/mol. The van der Waals surface area contributed by atoms with Gasteiger partial charge in [-0.2, -0.15) is 0 Å². The van der Waals surface area contributed by atoms with E-state index in [1.807, 2.05) is 36.9 Å². The molecule has 1 aliphatic rings. The van der Waals surface area contributed by atoms with Crippen LogP contribution in [-0.2, 0) is 6.54 Å². The number of hydrogen-bond donors (Lipinski definition) is 0. The lowest BCUT2D eigenvalue weighted by Gasteiger charge is -2.34. The summed E-state index contributed by atoms with van der Waals surface area (Å²) < 4.78 is 5.08. The molecule has 1 amide bonds. The van der Waals surface area contributed by atoms with Crippen LogP contribution >= 0.6 is 0 Å². The van der Waals surface area contributed by atoms with Crippen LogP contribution < -0.4 is 0 Å². The number of piperazine rings is 1. The van der Waals surface area contributed by atoms with Gasteiger partial charge in [-0.25, -0.2) is 4.98 Å². The van der Waals surface area contributed by atoms with Crippen molar-refractivity contribution in [3.63, 3.8) is 0 Å². The Labute approximate surface area is 129 Å². The van der Waals surface area contributed by atoms with Crippen molar-refractivity contribution in [2.45, 2.75) is 20.4 Å². The number of carbonyl (C=O) groups excluding carboxylic acids is 1. The van der Waals surface area contributed by atoms with Crippen LogP contribution in [0, 0.1) is 13.8 Å². The number of aromatic nitrogens is 2. The summed E-state index contributed by atoms with van der Waals surface area (Å²) in [6.45, 7) is 7.65. The first-order chi connectivity index (χ1) is 10.6. The molecule has 6 heteroatoms. The van der Waals surface area contributed by atoms with Crippen LogP contribution in [0.4, 0.5) is 0 Å². The molecule has 0 unspecified atom stereocenters. The zero-order valence-electron chi connectivity index (χ0n) is 13.0. The molecule has 116 valence electrons. The number of nitrogens with zero attached hydrogens (tertiary/aromatic N) is 4. The maximum atomic E-state index is 12.4. The minimum atomic E-state index is 0.0145. The minimum absolute atomic E-state index is 0.0145. The highest BCUT2D eigenvalue weighted by molar-refractivity contribution is 5.92. The molecule has 2 aromatic rings. The van der Waals surface area contributed by atoms with Gasteiger partial charge in [-0.1, -0.05) is 11.2 Å². The van der Waals surface area contributed by atoms with Crippen molar-refractivity contribution in [2.24, 2.45) is 0 Å². The molecule has 0 saturated carbocycles. The first-order valence-corrected chi connectivity index (χ1v) is 7.49. The molecule has 0 N–H and O–H groups in total. The molecular formula is C16H20N4O2. The first kappa shape index (κ1) is 14.7. The van der Waals surface area contributed by atoms with E-state index in [0.29, 0.717) is 18.8 Å². The predicted molar refractivity (Wildman–Crippen MR) is 81.4 cm³/mol. The lowest BCUT2D eigenvalue weighted by Crippen LogP contribution is -2.48. The standard InChI is InChI=1S/C16H20N4O2/c1-12-4-3-5-15(17-12)16(21)20-8-6-19(7-9-20)11-14-10-13(2)22-18-14/h3-5,10H,6-9,11H2,1-2H3. The topological polar surface area (TPSA) is 62.5 Å². The van der Waals surface area contributed by atoms with Crippen molar-refractivity contribution in [1.29, 1.82) is 0 Å². The van der Waals surface area contributed by atoms with Gasteiger partial charge in [0.15, 0.2) is 0 Å². The molecule has 1 saturated heterocycles. The number of hydrogen-bond acceptors (Lipinski definition) is 5. The molecule has 0 bridgehead atoms. The van der Waals surface area contributed by atoms with E-state index in [9.17, 15) is 4.79 Å². The first-order valence-electron chi connectivity index (χ1n) is 7.49. The summed E-state index contributed by atoms with van der Waals surface area (Å²) in [5.41, 5.74) is 2.34. The molecule has 0 aliphatic carbocycles. The third-order valence-corrected chi connectivity index (χ3v) is 3.83. The van der Waals surface area contributed by atoms with Crippen LogP contribution in [0.5, 0.6) is 0 Å². The quantitative estimate of drug-likeness (QED) is 0.862. The van der Waals surface area contributed by atoms with E-state index in [2.05, 4.69) is 15.0 Å². The number of carbonyl (C=O) groups is 1. The summed E-state index contributed by atoms with van der Waals surface area (Å²) in [6.07, 6.45) is 0.